The maximum Gasteiger partial charge on any atom is 0.411 e. The van der Waals surface area contributed by atoms with Crippen LogP contribution >= 0.6 is 0 Å². The van der Waals surface area contributed by atoms with Crippen molar-refractivity contribution < 1.29 is 28.6 Å². The summed E-state index contributed by atoms with van der Waals surface area (Å²) in [7, 11) is 0. The zero-order chi connectivity index (χ0) is 24.5. The SMILES string of the molecule is O=C(Nc1cccc(C(=O)N2CCC(C(=O)O)C2)c1F)OCC1c2ccccc2-c2ccccc21. The lowest BCUT2D eigenvalue weighted by atomic mass is 9.98. The highest BCUT2D eigenvalue weighted by Gasteiger charge is 2.33. The number of benzene rings is 3. The molecule has 1 unspecified atom stereocenters. The third-order valence-corrected chi connectivity index (χ3v) is 6.63. The number of ether oxygens (including phenoxy) is 1. The minimum atomic E-state index is -0.980. The number of rotatable bonds is 5. The number of nitrogens with zero attached hydrogens (tertiary/aromatic N) is 1. The van der Waals surface area contributed by atoms with Gasteiger partial charge >= 0.3 is 12.1 Å². The molecule has 7 nitrogen and oxygen atoms in total. The van der Waals surface area contributed by atoms with E-state index < -0.39 is 29.7 Å². The Morgan fingerprint density at radius 1 is 0.971 bits per heavy atom. The van der Waals surface area contributed by atoms with Crippen LogP contribution in [0.5, 0.6) is 0 Å². The number of nitrogens with one attached hydrogen (secondary N) is 1. The highest BCUT2D eigenvalue weighted by molar-refractivity contribution is 5.97. The molecule has 1 atom stereocenters. The summed E-state index contributed by atoms with van der Waals surface area (Å²) in [6.07, 6.45) is -0.511. The Morgan fingerprint density at radius 2 is 1.63 bits per heavy atom. The molecule has 1 saturated heterocycles. The first-order valence-electron chi connectivity index (χ1n) is 11.4. The van der Waals surface area contributed by atoms with Crippen molar-refractivity contribution in [2.75, 3.05) is 25.0 Å². The first-order chi connectivity index (χ1) is 16.9. The van der Waals surface area contributed by atoms with Crippen LogP contribution in [0.15, 0.2) is 66.7 Å². The fraction of sp³-hybridized carbons (Fsp3) is 0.222. The summed E-state index contributed by atoms with van der Waals surface area (Å²) in [5, 5.41) is 11.5. The van der Waals surface area contributed by atoms with Crippen molar-refractivity contribution in [3.63, 3.8) is 0 Å². The largest absolute Gasteiger partial charge is 0.481 e. The van der Waals surface area contributed by atoms with E-state index >= 15 is 4.39 Å². The third kappa shape index (κ3) is 4.23. The molecule has 1 heterocycles. The lowest BCUT2D eigenvalue weighted by molar-refractivity contribution is -0.141. The Labute approximate surface area is 201 Å². The van der Waals surface area contributed by atoms with Gasteiger partial charge < -0.3 is 14.7 Å². The predicted octanol–water partition coefficient (Wildman–Crippen LogP) is 4.73. The number of likely N-dealkylation sites (tertiary alicyclic amines) is 1. The molecule has 35 heavy (non-hydrogen) atoms. The van der Waals surface area contributed by atoms with Gasteiger partial charge in [0.2, 0.25) is 0 Å². The Hall–Kier alpha value is -4.20. The normalized spacial score (nSPS) is 16.5. The molecular weight excluding hydrogens is 451 g/mol. The van der Waals surface area contributed by atoms with E-state index in [0.29, 0.717) is 6.42 Å². The second-order valence-electron chi connectivity index (χ2n) is 8.69. The Bertz CT molecular complexity index is 1280. The van der Waals surface area contributed by atoms with Gasteiger partial charge in [0.1, 0.15) is 6.61 Å². The van der Waals surface area contributed by atoms with Crippen molar-refractivity contribution in [3.05, 3.63) is 89.2 Å². The number of hydrogen-bond donors (Lipinski definition) is 2. The summed E-state index contributed by atoms with van der Waals surface area (Å²) in [4.78, 5) is 37.8. The fourth-order valence-corrected chi connectivity index (χ4v) is 4.85. The summed E-state index contributed by atoms with van der Waals surface area (Å²) in [6, 6.07) is 20.0. The number of carbonyl (C=O) groups is 3. The molecule has 2 N–H and O–H groups in total. The molecule has 0 radical (unpaired) electrons. The van der Waals surface area contributed by atoms with Crippen molar-refractivity contribution >= 4 is 23.7 Å². The van der Waals surface area contributed by atoms with Gasteiger partial charge in [-0.05, 0) is 40.8 Å². The molecule has 3 aromatic carbocycles. The third-order valence-electron chi connectivity index (χ3n) is 6.63. The quantitative estimate of drug-likeness (QED) is 0.557. The molecule has 0 aromatic heterocycles. The van der Waals surface area contributed by atoms with E-state index in [1.807, 2.05) is 48.5 Å². The number of carboxylic acids is 1. The standard InChI is InChI=1S/C27H23FN2O5/c28-24-21(25(31)30-13-12-16(14-30)26(32)33)10-5-11-23(24)29-27(34)35-15-22-19-8-3-1-6-17(19)18-7-2-4-9-20(18)22/h1-11,16,22H,12-15H2,(H,29,34)(H,32,33). The lowest BCUT2D eigenvalue weighted by Gasteiger charge is -2.18. The Morgan fingerprint density at radius 3 is 2.26 bits per heavy atom. The van der Waals surface area contributed by atoms with Gasteiger partial charge in [-0.15, -0.1) is 0 Å². The molecule has 2 amide bonds. The molecule has 0 bridgehead atoms. The minimum absolute atomic E-state index is 0.0254. The molecule has 178 valence electrons. The summed E-state index contributed by atoms with van der Waals surface area (Å²) in [5.74, 6) is -3.27. The van der Waals surface area contributed by atoms with Crippen molar-refractivity contribution in [2.24, 2.45) is 5.92 Å². The topological polar surface area (TPSA) is 95.9 Å². The number of halogens is 1. The number of amides is 2. The van der Waals surface area contributed by atoms with Crippen LogP contribution in [-0.4, -0.2) is 47.7 Å². The minimum Gasteiger partial charge on any atom is -0.481 e. The number of fused-ring (bicyclic) bond motifs is 3. The van der Waals surface area contributed by atoms with Crippen molar-refractivity contribution in [1.29, 1.82) is 0 Å². The van der Waals surface area contributed by atoms with Gasteiger partial charge in [-0.1, -0.05) is 54.6 Å². The number of anilines is 1. The monoisotopic (exact) mass is 474 g/mol. The number of hydrogen-bond acceptors (Lipinski definition) is 4. The van der Waals surface area contributed by atoms with Gasteiger partial charge in [0.05, 0.1) is 17.2 Å². The van der Waals surface area contributed by atoms with Crippen molar-refractivity contribution in [2.45, 2.75) is 12.3 Å². The zero-order valence-corrected chi connectivity index (χ0v) is 18.7. The van der Waals surface area contributed by atoms with Gasteiger partial charge in [-0.25, -0.2) is 9.18 Å². The Kier molecular flexibility index (Phi) is 5.94. The van der Waals surface area contributed by atoms with Gasteiger partial charge in [-0.2, -0.15) is 0 Å². The van der Waals surface area contributed by atoms with E-state index in [1.54, 1.807) is 0 Å². The first kappa shape index (κ1) is 22.6. The van der Waals surface area contributed by atoms with Crippen LogP contribution in [0.1, 0.15) is 33.8 Å². The molecule has 1 aliphatic carbocycles. The molecule has 0 spiro atoms. The second kappa shape index (κ2) is 9.21. The molecule has 1 fully saturated rings. The van der Waals surface area contributed by atoms with Crippen molar-refractivity contribution in [3.8, 4) is 11.1 Å². The van der Waals surface area contributed by atoms with Crippen molar-refractivity contribution in [1.82, 2.24) is 4.90 Å². The van der Waals surface area contributed by atoms with Crippen LogP contribution < -0.4 is 5.32 Å². The maximum absolute atomic E-state index is 15.1. The number of aliphatic carboxylic acids is 1. The molecule has 3 aromatic rings. The van der Waals surface area contributed by atoms with E-state index in [-0.39, 0.29) is 36.9 Å². The fourth-order valence-electron chi connectivity index (χ4n) is 4.85. The van der Waals surface area contributed by atoms with E-state index in [2.05, 4.69) is 5.32 Å². The summed E-state index contributed by atoms with van der Waals surface area (Å²) >= 11 is 0. The maximum atomic E-state index is 15.1. The highest BCUT2D eigenvalue weighted by atomic mass is 19.1. The Balaban J connectivity index is 1.27. The average Bonchev–Trinajstić information content (AvgIpc) is 3.48. The molecule has 5 rings (SSSR count). The van der Waals surface area contributed by atoms with Gasteiger partial charge in [0.25, 0.3) is 5.91 Å². The van der Waals surface area contributed by atoms with E-state index in [9.17, 15) is 14.4 Å². The van der Waals surface area contributed by atoms with Gasteiger partial charge in [0, 0.05) is 19.0 Å². The van der Waals surface area contributed by atoms with E-state index in [0.717, 1.165) is 22.3 Å². The highest BCUT2D eigenvalue weighted by Crippen LogP contribution is 2.44. The van der Waals surface area contributed by atoms with Gasteiger partial charge in [0.15, 0.2) is 5.82 Å². The number of carboxylic acid groups (broad SMARTS) is 1. The van der Waals surface area contributed by atoms with Crippen LogP contribution in [0, 0.1) is 11.7 Å². The molecule has 1 aliphatic heterocycles. The van der Waals surface area contributed by atoms with Crippen LogP contribution in [0.4, 0.5) is 14.9 Å². The van der Waals surface area contributed by atoms with Crippen LogP contribution in [0.3, 0.4) is 0 Å². The smallest absolute Gasteiger partial charge is 0.411 e. The lowest BCUT2D eigenvalue weighted by Crippen LogP contribution is -2.30. The summed E-state index contributed by atoms with van der Waals surface area (Å²) < 4.78 is 20.6. The number of carbonyl (C=O) groups excluding carboxylic acids is 2. The molecule has 2 aliphatic rings. The van der Waals surface area contributed by atoms with E-state index in [1.165, 1.54) is 23.1 Å². The molecule has 8 heteroatoms. The van der Waals surface area contributed by atoms with Crippen LogP contribution in [-0.2, 0) is 9.53 Å². The summed E-state index contributed by atoms with van der Waals surface area (Å²) in [6.45, 7) is 0.335. The average molecular weight is 474 g/mol. The van der Waals surface area contributed by atoms with Crippen LogP contribution in [0.2, 0.25) is 0 Å². The first-order valence-corrected chi connectivity index (χ1v) is 11.4. The predicted molar refractivity (Wildman–Crippen MR) is 127 cm³/mol. The molecule has 0 saturated carbocycles. The molecular formula is C27H23FN2O5. The zero-order valence-electron chi connectivity index (χ0n) is 18.7. The van der Waals surface area contributed by atoms with Gasteiger partial charge in [-0.3, -0.25) is 14.9 Å². The van der Waals surface area contributed by atoms with Crippen LogP contribution in [0.25, 0.3) is 11.1 Å². The summed E-state index contributed by atoms with van der Waals surface area (Å²) in [5.41, 5.74) is 3.91. The van der Waals surface area contributed by atoms with E-state index in [4.69, 9.17) is 9.84 Å². The second-order valence-corrected chi connectivity index (χ2v) is 8.69.